The number of thioether (sulfide) groups is 1. The Morgan fingerprint density at radius 2 is 2.17 bits per heavy atom. The van der Waals surface area contributed by atoms with Crippen molar-refractivity contribution < 1.29 is 9.59 Å². The van der Waals surface area contributed by atoms with E-state index in [4.69, 9.17) is 0 Å². The predicted molar refractivity (Wildman–Crippen MR) is 95.2 cm³/mol. The number of likely N-dealkylation sites (tertiary alicyclic amines) is 1. The molecule has 0 spiro atoms. The molecule has 3 rings (SSSR count). The zero-order chi connectivity index (χ0) is 16.2. The third-order valence-electron chi connectivity index (χ3n) is 4.05. The van der Waals surface area contributed by atoms with Gasteiger partial charge in [0.1, 0.15) is 0 Å². The summed E-state index contributed by atoms with van der Waals surface area (Å²) in [6.07, 6.45) is 2.12. The molecule has 0 saturated carbocycles. The molecular formula is C18H19NO2S2. The molecule has 0 aliphatic carbocycles. The molecule has 0 unspecified atom stereocenters. The molecule has 1 fully saturated rings. The largest absolute Gasteiger partial charge is 0.334 e. The number of rotatable bonds is 5. The van der Waals surface area contributed by atoms with Crippen molar-refractivity contribution in [2.45, 2.75) is 30.7 Å². The van der Waals surface area contributed by atoms with E-state index in [0.717, 1.165) is 24.3 Å². The molecule has 1 aromatic carbocycles. The summed E-state index contributed by atoms with van der Waals surface area (Å²) < 4.78 is 0. The van der Waals surface area contributed by atoms with Gasteiger partial charge in [-0.1, -0.05) is 18.2 Å². The lowest BCUT2D eigenvalue weighted by Crippen LogP contribution is -2.31. The Hall–Kier alpha value is -1.59. The molecule has 1 aliphatic rings. The van der Waals surface area contributed by atoms with Gasteiger partial charge in [0, 0.05) is 21.9 Å². The smallest absolute Gasteiger partial charge is 0.233 e. The van der Waals surface area contributed by atoms with Gasteiger partial charge < -0.3 is 4.90 Å². The van der Waals surface area contributed by atoms with E-state index in [1.807, 2.05) is 35.2 Å². The van der Waals surface area contributed by atoms with Crippen LogP contribution in [0.15, 0.2) is 46.7 Å². The molecule has 2 aromatic rings. The summed E-state index contributed by atoms with van der Waals surface area (Å²) in [4.78, 5) is 28.3. The fraction of sp³-hybridized carbons (Fsp3) is 0.333. The summed E-state index contributed by atoms with van der Waals surface area (Å²) in [5.41, 5.74) is 0.695. The van der Waals surface area contributed by atoms with Gasteiger partial charge in [-0.15, -0.1) is 23.1 Å². The number of benzene rings is 1. The Morgan fingerprint density at radius 1 is 1.30 bits per heavy atom. The average molecular weight is 345 g/mol. The number of carbonyl (C=O) groups is 2. The number of Topliss-reactive ketones (excluding diaryl/α,β-unsaturated/α-hetero) is 1. The fourth-order valence-corrected chi connectivity index (χ4v) is 4.59. The Kier molecular flexibility index (Phi) is 5.18. The summed E-state index contributed by atoms with van der Waals surface area (Å²) in [7, 11) is 0. The first kappa shape index (κ1) is 16.3. The number of ketones is 1. The maximum atomic E-state index is 12.6. The maximum Gasteiger partial charge on any atom is 0.233 e. The SMILES string of the molecule is CC(=O)c1cccc(SCC(=O)N2CCC[C@@H]2c2cccs2)c1. The molecule has 1 atom stereocenters. The van der Waals surface area contributed by atoms with Crippen molar-refractivity contribution in [3.8, 4) is 0 Å². The number of amides is 1. The topological polar surface area (TPSA) is 37.4 Å². The van der Waals surface area contributed by atoms with Crippen LogP contribution in [0.5, 0.6) is 0 Å². The highest BCUT2D eigenvalue weighted by atomic mass is 32.2. The standard InChI is InChI=1S/C18H19NO2S2/c1-13(20)14-5-2-6-15(11-14)23-12-18(21)19-9-3-7-16(19)17-8-4-10-22-17/h2,4-6,8,10-11,16H,3,7,9,12H2,1H3/t16-/m1/s1. The van der Waals surface area contributed by atoms with Crippen LogP contribution >= 0.6 is 23.1 Å². The quantitative estimate of drug-likeness (QED) is 0.595. The van der Waals surface area contributed by atoms with E-state index in [-0.39, 0.29) is 17.7 Å². The van der Waals surface area contributed by atoms with Gasteiger partial charge in [0.2, 0.25) is 5.91 Å². The summed E-state index contributed by atoms with van der Waals surface area (Å²) in [6, 6.07) is 11.9. The molecular weight excluding hydrogens is 326 g/mol. The zero-order valence-electron chi connectivity index (χ0n) is 13.0. The molecule has 1 aliphatic heterocycles. The second-order valence-electron chi connectivity index (χ2n) is 5.63. The third-order valence-corrected chi connectivity index (χ3v) is 6.00. The summed E-state index contributed by atoms with van der Waals surface area (Å²) in [6.45, 7) is 2.40. The molecule has 120 valence electrons. The summed E-state index contributed by atoms with van der Waals surface area (Å²) >= 11 is 3.23. The van der Waals surface area contributed by atoms with Gasteiger partial charge in [0.05, 0.1) is 11.8 Å². The summed E-state index contributed by atoms with van der Waals surface area (Å²) in [5.74, 6) is 0.652. The van der Waals surface area contributed by atoms with Crippen LogP contribution in [0.1, 0.15) is 41.0 Å². The highest BCUT2D eigenvalue weighted by molar-refractivity contribution is 8.00. The van der Waals surface area contributed by atoms with Crippen LogP contribution in [0.3, 0.4) is 0 Å². The van der Waals surface area contributed by atoms with Crippen LogP contribution in [0, 0.1) is 0 Å². The van der Waals surface area contributed by atoms with Crippen molar-refractivity contribution in [1.29, 1.82) is 0 Å². The molecule has 0 N–H and O–H groups in total. The predicted octanol–water partition coefficient (Wildman–Crippen LogP) is 4.41. The first-order chi connectivity index (χ1) is 11.1. The Labute approximate surface area is 144 Å². The van der Waals surface area contributed by atoms with Crippen LogP contribution in [0.2, 0.25) is 0 Å². The first-order valence-electron chi connectivity index (χ1n) is 7.72. The van der Waals surface area contributed by atoms with Crippen LogP contribution in [0.25, 0.3) is 0 Å². The molecule has 1 aromatic heterocycles. The lowest BCUT2D eigenvalue weighted by molar-refractivity contribution is -0.129. The summed E-state index contributed by atoms with van der Waals surface area (Å²) in [5, 5.41) is 2.07. The second kappa shape index (κ2) is 7.32. The molecule has 1 saturated heterocycles. The fourth-order valence-electron chi connectivity index (χ4n) is 2.87. The Balaban J connectivity index is 1.63. The van der Waals surface area contributed by atoms with Crippen molar-refractivity contribution in [3.63, 3.8) is 0 Å². The van der Waals surface area contributed by atoms with Crippen molar-refractivity contribution in [2.75, 3.05) is 12.3 Å². The number of hydrogen-bond acceptors (Lipinski definition) is 4. The Bertz CT molecular complexity index is 697. The highest BCUT2D eigenvalue weighted by Gasteiger charge is 2.30. The van der Waals surface area contributed by atoms with Gasteiger partial charge in [-0.2, -0.15) is 0 Å². The van der Waals surface area contributed by atoms with E-state index < -0.39 is 0 Å². The van der Waals surface area contributed by atoms with Crippen LogP contribution in [-0.2, 0) is 4.79 Å². The van der Waals surface area contributed by atoms with Crippen LogP contribution in [0.4, 0.5) is 0 Å². The van der Waals surface area contributed by atoms with Crippen LogP contribution < -0.4 is 0 Å². The minimum Gasteiger partial charge on any atom is -0.334 e. The highest BCUT2D eigenvalue weighted by Crippen LogP contribution is 2.35. The van der Waals surface area contributed by atoms with Gasteiger partial charge in [-0.25, -0.2) is 0 Å². The number of thiophene rings is 1. The van der Waals surface area contributed by atoms with Crippen molar-refractivity contribution in [3.05, 3.63) is 52.2 Å². The third kappa shape index (κ3) is 3.85. The van der Waals surface area contributed by atoms with Crippen molar-refractivity contribution in [1.82, 2.24) is 4.90 Å². The molecule has 0 radical (unpaired) electrons. The number of nitrogens with zero attached hydrogens (tertiary/aromatic N) is 1. The van der Waals surface area contributed by atoms with E-state index in [9.17, 15) is 9.59 Å². The normalized spacial score (nSPS) is 17.4. The molecule has 1 amide bonds. The van der Waals surface area contributed by atoms with Gasteiger partial charge in [-0.3, -0.25) is 9.59 Å². The minimum atomic E-state index is 0.0519. The van der Waals surface area contributed by atoms with E-state index in [0.29, 0.717) is 11.3 Å². The lowest BCUT2D eigenvalue weighted by atomic mass is 10.2. The van der Waals surface area contributed by atoms with E-state index in [1.54, 1.807) is 18.3 Å². The molecule has 5 heteroatoms. The maximum absolute atomic E-state index is 12.6. The van der Waals surface area contributed by atoms with Crippen molar-refractivity contribution >= 4 is 34.8 Å². The van der Waals surface area contributed by atoms with Gasteiger partial charge >= 0.3 is 0 Å². The van der Waals surface area contributed by atoms with Gasteiger partial charge in [0.25, 0.3) is 0 Å². The number of hydrogen-bond donors (Lipinski definition) is 0. The van der Waals surface area contributed by atoms with E-state index in [1.165, 1.54) is 16.6 Å². The van der Waals surface area contributed by atoms with Crippen LogP contribution in [-0.4, -0.2) is 28.9 Å². The van der Waals surface area contributed by atoms with E-state index in [2.05, 4.69) is 11.4 Å². The van der Waals surface area contributed by atoms with Gasteiger partial charge in [0.15, 0.2) is 5.78 Å². The monoisotopic (exact) mass is 345 g/mol. The average Bonchev–Trinajstić information content (AvgIpc) is 3.23. The molecule has 23 heavy (non-hydrogen) atoms. The first-order valence-corrected chi connectivity index (χ1v) is 9.58. The van der Waals surface area contributed by atoms with Gasteiger partial charge in [-0.05, 0) is 43.3 Å². The number of carbonyl (C=O) groups excluding carboxylic acids is 2. The molecule has 3 nitrogen and oxygen atoms in total. The lowest BCUT2D eigenvalue weighted by Gasteiger charge is -2.23. The Morgan fingerprint density at radius 3 is 2.91 bits per heavy atom. The minimum absolute atomic E-state index is 0.0519. The molecule has 0 bridgehead atoms. The second-order valence-corrected chi connectivity index (χ2v) is 7.66. The van der Waals surface area contributed by atoms with E-state index >= 15 is 0 Å². The van der Waals surface area contributed by atoms with Crippen molar-refractivity contribution in [2.24, 2.45) is 0 Å². The zero-order valence-corrected chi connectivity index (χ0v) is 14.7. The molecule has 2 heterocycles.